The highest BCUT2D eigenvalue weighted by molar-refractivity contribution is 6.31. The van der Waals surface area contributed by atoms with Gasteiger partial charge in [0.2, 0.25) is 0 Å². The molecule has 1 atom stereocenters. The lowest BCUT2D eigenvalue weighted by Gasteiger charge is -2.37. The first-order valence-electron chi connectivity index (χ1n) is 6.87. The highest BCUT2D eigenvalue weighted by Gasteiger charge is 2.31. The monoisotopic (exact) mass is 285 g/mol. The van der Waals surface area contributed by atoms with E-state index < -0.39 is 0 Å². The molecule has 1 aliphatic carbocycles. The van der Waals surface area contributed by atoms with Gasteiger partial charge < -0.3 is 10.1 Å². The van der Waals surface area contributed by atoms with Crippen molar-refractivity contribution in [2.75, 3.05) is 13.7 Å². The molecule has 2 rings (SSSR count). The summed E-state index contributed by atoms with van der Waals surface area (Å²) in [6.07, 6.45) is 3.58. The first-order valence-corrected chi connectivity index (χ1v) is 7.25. The summed E-state index contributed by atoms with van der Waals surface area (Å²) in [5, 5.41) is 3.87. The van der Waals surface area contributed by atoms with Gasteiger partial charge in [-0.2, -0.15) is 0 Å². The number of halogens is 2. The summed E-state index contributed by atoms with van der Waals surface area (Å²) in [4.78, 5) is 0. The summed E-state index contributed by atoms with van der Waals surface area (Å²) in [6.45, 7) is 2.80. The molecule has 1 N–H and O–H groups in total. The summed E-state index contributed by atoms with van der Waals surface area (Å²) in [7, 11) is 1.89. The van der Waals surface area contributed by atoms with Crippen molar-refractivity contribution in [2.24, 2.45) is 5.92 Å². The minimum atomic E-state index is -0.236. The fourth-order valence-corrected chi connectivity index (χ4v) is 3.00. The van der Waals surface area contributed by atoms with E-state index in [4.69, 9.17) is 16.3 Å². The molecule has 0 radical (unpaired) electrons. The molecule has 4 heteroatoms. The van der Waals surface area contributed by atoms with E-state index in [2.05, 4.69) is 5.32 Å². The van der Waals surface area contributed by atoms with Gasteiger partial charge in [-0.15, -0.1) is 0 Å². The van der Waals surface area contributed by atoms with Crippen LogP contribution < -0.4 is 5.32 Å². The molecule has 1 fully saturated rings. The standard InChI is InChI=1S/C15H21ClFNO/c1-3-19-12-6-10(7-12)8-15(18-2)13-9-11(17)4-5-14(13)16/h4-5,9-10,12,15,18H,3,6-8H2,1-2H3. The molecule has 0 bridgehead atoms. The average molecular weight is 286 g/mol. The van der Waals surface area contributed by atoms with Gasteiger partial charge in [0, 0.05) is 17.7 Å². The van der Waals surface area contributed by atoms with Crippen LogP contribution >= 0.6 is 11.6 Å². The molecular weight excluding hydrogens is 265 g/mol. The summed E-state index contributed by atoms with van der Waals surface area (Å²) in [6, 6.07) is 4.66. The summed E-state index contributed by atoms with van der Waals surface area (Å²) in [5.41, 5.74) is 0.851. The van der Waals surface area contributed by atoms with Crippen LogP contribution in [-0.4, -0.2) is 19.8 Å². The third kappa shape index (κ3) is 3.68. The Bertz CT molecular complexity index is 421. The summed E-state index contributed by atoms with van der Waals surface area (Å²) in [5.74, 6) is 0.397. The maximum Gasteiger partial charge on any atom is 0.123 e. The van der Waals surface area contributed by atoms with Crippen LogP contribution in [0, 0.1) is 11.7 Å². The van der Waals surface area contributed by atoms with Gasteiger partial charge in [-0.3, -0.25) is 0 Å². The van der Waals surface area contributed by atoms with Crippen LogP contribution in [0.2, 0.25) is 5.02 Å². The SMILES string of the molecule is CCOC1CC(CC(NC)c2cc(F)ccc2Cl)C1. The van der Waals surface area contributed by atoms with Gasteiger partial charge in [0.15, 0.2) is 0 Å². The Morgan fingerprint density at radius 1 is 1.47 bits per heavy atom. The van der Waals surface area contributed by atoms with Crippen LogP contribution in [0.1, 0.15) is 37.8 Å². The minimum Gasteiger partial charge on any atom is -0.378 e. The van der Waals surface area contributed by atoms with Crippen molar-refractivity contribution < 1.29 is 9.13 Å². The number of hydrogen-bond donors (Lipinski definition) is 1. The Labute approximate surface area is 119 Å². The fraction of sp³-hybridized carbons (Fsp3) is 0.600. The second-order valence-electron chi connectivity index (χ2n) is 5.16. The van der Waals surface area contributed by atoms with E-state index in [0.29, 0.717) is 17.0 Å². The van der Waals surface area contributed by atoms with Crippen molar-refractivity contribution in [3.8, 4) is 0 Å². The highest BCUT2D eigenvalue weighted by atomic mass is 35.5. The molecule has 1 aromatic rings. The Hall–Kier alpha value is -0.640. The third-order valence-corrected chi connectivity index (χ3v) is 4.19. The normalized spacial score (nSPS) is 24.0. The second-order valence-corrected chi connectivity index (χ2v) is 5.56. The van der Waals surface area contributed by atoms with Gasteiger partial charge in [-0.25, -0.2) is 4.39 Å². The molecule has 1 aromatic carbocycles. The fourth-order valence-electron chi connectivity index (χ4n) is 2.75. The molecular formula is C15H21ClFNO. The first-order chi connectivity index (χ1) is 9.13. The number of benzene rings is 1. The molecule has 1 saturated carbocycles. The van der Waals surface area contributed by atoms with Crippen LogP contribution in [-0.2, 0) is 4.74 Å². The van der Waals surface area contributed by atoms with Gasteiger partial charge >= 0.3 is 0 Å². The number of rotatable bonds is 6. The Kier molecular flexibility index (Phi) is 5.20. The lowest BCUT2D eigenvalue weighted by Crippen LogP contribution is -2.34. The van der Waals surface area contributed by atoms with Crippen LogP contribution in [0.15, 0.2) is 18.2 Å². The zero-order valence-corrected chi connectivity index (χ0v) is 12.2. The molecule has 0 saturated heterocycles. The van der Waals surface area contributed by atoms with Gasteiger partial charge in [0.05, 0.1) is 6.10 Å². The van der Waals surface area contributed by atoms with E-state index in [-0.39, 0.29) is 11.9 Å². The predicted octanol–water partition coefficient (Wildman–Crippen LogP) is 3.94. The number of nitrogens with one attached hydrogen (secondary N) is 1. The highest BCUT2D eigenvalue weighted by Crippen LogP contribution is 2.38. The molecule has 0 aromatic heterocycles. The Morgan fingerprint density at radius 3 is 2.84 bits per heavy atom. The number of ether oxygens (including phenoxy) is 1. The molecule has 2 nitrogen and oxygen atoms in total. The molecule has 1 aliphatic rings. The molecule has 19 heavy (non-hydrogen) atoms. The van der Waals surface area contributed by atoms with E-state index in [0.717, 1.165) is 31.4 Å². The first kappa shape index (κ1) is 14.8. The van der Waals surface area contributed by atoms with Crippen LogP contribution in [0.3, 0.4) is 0 Å². The van der Waals surface area contributed by atoms with Crippen molar-refractivity contribution in [2.45, 2.75) is 38.3 Å². The van der Waals surface area contributed by atoms with Gasteiger partial charge in [-0.1, -0.05) is 11.6 Å². The lowest BCUT2D eigenvalue weighted by atomic mass is 9.77. The lowest BCUT2D eigenvalue weighted by molar-refractivity contribution is -0.0289. The minimum absolute atomic E-state index is 0.107. The maximum atomic E-state index is 13.3. The number of hydrogen-bond acceptors (Lipinski definition) is 2. The molecule has 1 unspecified atom stereocenters. The zero-order valence-electron chi connectivity index (χ0n) is 11.5. The largest absolute Gasteiger partial charge is 0.378 e. The molecule has 0 spiro atoms. The van der Waals surface area contributed by atoms with E-state index in [1.165, 1.54) is 12.1 Å². The van der Waals surface area contributed by atoms with E-state index in [1.54, 1.807) is 6.07 Å². The molecule has 0 aliphatic heterocycles. The Balaban J connectivity index is 1.95. The Morgan fingerprint density at radius 2 is 2.21 bits per heavy atom. The van der Waals surface area contributed by atoms with Crippen molar-refractivity contribution in [3.05, 3.63) is 34.6 Å². The van der Waals surface area contributed by atoms with Gasteiger partial charge in [-0.05, 0) is 62.9 Å². The van der Waals surface area contributed by atoms with Crippen LogP contribution in [0.5, 0.6) is 0 Å². The molecule has 106 valence electrons. The predicted molar refractivity (Wildman–Crippen MR) is 76.0 cm³/mol. The van der Waals surface area contributed by atoms with Gasteiger partial charge in [0.25, 0.3) is 0 Å². The maximum absolute atomic E-state index is 13.3. The van der Waals surface area contributed by atoms with Crippen molar-refractivity contribution in [1.82, 2.24) is 5.32 Å². The average Bonchev–Trinajstić information content (AvgIpc) is 2.35. The summed E-state index contributed by atoms with van der Waals surface area (Å²) >= 11 is 6.16. The third-order valence-electron chi connectivity index (χ3n) is 3.85. The van der Waals surface area contributed by atoms with Crippen molar-refractivity contribution in [1.29, 1.82) is 0 Å². The van der Waals surface area contributed by atoms with Crippen LogP contribution in [0.4, 0.5) is 4.39 Å². The topological polar surface area (TPSA) is 21.3 Å². The smallest absolute Gasteiger partial charge is 0.123 e. The van der Waals surface area contributed by atoms with Crippen LogP contribution in [0.25, 0.3) is 0 Å². The van der Waals surface area contributed by atoms with E-state index in [9.17, 15) is 4.39 Å². The zero-order chi connectivity index (χ0) is 13.8. The van der Waals surface area contributed by atoms with Crippen molar-refractivity contribution in [3.63, 3.8) is 0 Å². The van der Waals surface area contributed by atoms with E-state index in [1.807, 2.05) is 14.0 Å². The summed E-state index contributed by atoms with van der Waals surface area (Å²) < 4.78 is 18.9. The second kappa shape index (κ2) is 6.69. The molecule has 0 heterocycles. The quantitative estimate of drug-likeness (QED) is 0.855. The molecule has 0 amide bonds. The van der Waals surface area contributed by atoms with Gasteiger partial charge in [0.1, 0.15) is 5.82 Å². The van der Waals surface area contributed by atoms with Crippen molar-refractivity contribution >= 4 is 11.6 Å². The van der Waals surface area contributed by atoms with E-state index >= 15 is 0 Å².